The van der Waals surface area contributed by atoms with Gasteiger partial charge in [-0.25, -0.2) is 4.57 Å². The number of aliphatic hydroxyl groups is 1. The van der Waals surface area contributed by atoms with Crippen LogP contribution in [-0.4, -0.2) is 102 Å². The van der Waals surface area contributed by atoms with Crippen LogP contribution in [0.3, 0.4) is 0 Å². The molecule has 0 radical (unpaired) electrons. The SMILES string of the molecule is Cn1cc([C@@H]2O[C@@H]3C[C@H]4[C@@H]5CCC6=CC(=O)C=C[C@]6(C)[C@H]5[C@@H](O)C[C@]4(C)[C@]3(C(=O)COP(=O)(O)O)O2)cc1Cc1cccc(NC(=O)[C@H](CCC(=O)O)NC(=O)CNC(=O)CBr)c1. The second-order valence-corrected chi connectivity index (χ2v) is 19.4. The van der Waals surface area contributed by atoms with Crippen molar-refractivity contribution in [3.63, 3.8) is 0 Å². The first-order valence-electron chi connectivity index (χ1n) is 20.7. The topological polar surface area (TPSA) is 269 Å². The molecule has 2 aromatic rings. The highest BCUT2D eigenvalue weighted by Gasteiger charge is 2.76. The molecule has 340 valence electrons. The Morgan fingerprint density at radius 3 is 2.60 bits per heavy atom. The minimum atomic E-state index is -5.06. The quantitative estimate of drug-likeness (QED) is 0.0942. The Labute approximate surface area is 371 Å². The number of ether oxygens (including phenoxy) is 2. The second kappa shape index (κ2) is 17.9. The van der Waals surface area contributed by atoms with E-state index in [0.29, 0.717) is 36.9 Å². The summed E-state index contributed by atoms with van der Waals surface area (Å²) in [5.74, 6) is -4.21. The van der Waals surface area contributed by atoms with Gasteiger partial charge in [-0.2, -0.15) is 0 Å². The van der Waals surface area contributed by atoms with Crippen LogP contribution in [0.1, 0.15) is 75.5 Å². The molecule has 2 heterocycles. The number of nitrogens with zero attached hydrogens (tertiary/aromatic N) is 1. The van der Waals surface area contributed by atoms with Crippen molar-refractivity contribution in [1.29, 1.82) is 0 Å². The zero-order valence-electron chi connectivity index (χ0n) is 35.0. The number of aliphatic carboxylic acids is 1. The van der Waals surface area contributed by atoms with Crippen LogP contribution in [0.4, 0.5) is 5.69 Å². The maximum atomic E-state index is 14.5. The third-order valence-electron chi connectivity index (χ3n) is 13.9. The van der Waals surface area contributed by atoms with E-state index < -0.39 is 97.8 Å². The standard InChI is InChI=1S/C43H52BrN4O14P/c1-41-12-11-28(49)16-25(41)7-8-29-30-17-34-43(33(51)22-60-63(57,58)59,42(30,2)18-32(50)38(29)41)62-40(61-34)24-15-27(48(3)21-24)14-23-5-4-6-26(13-23)46-39(56)31(9-10-37(54)55)47-36(53)20-45-35(52)19-44/h4-6,11-13,15-16,21,29-32,34,38,40,50H,7-10,14,17-20,22H2,1-3H3,(H,45,52)(H,46,56)(H,47,53)(H,54,55)(H2,57,58,59)/t29-,30-,31-,32-,34+,38+,40+,41-,42-,43+/m0/s1. The van der Waals surface area contributed by atoms with Crippen LogP contribution in [-0.2, 0) is 60.8 Å². The van der Waals surface area contributed by atoms with Crippen molar-refractivity contribution in [2.75, 3.05) is 23.8 Å². The molecule has 0 bridgehead atoms. The fourth-order valence-electron chi connectivity index (χ4n) is 11.1. The van der Waals surface area contributed by atoms with Crippen molar-refractivity contribution in [3.8, 4) is 0 Å². The first-order valence-corrected chi connectivity index (χ1v) is 23.4. The lowest BCUT2D eigenvalue weighted by Gasteiger charge is -2.59. The van der Waals surface area contributed by atoms with Gasteiger partial charge >= 0.3 is 13.8 Å². The van der Waals surface area contributed by atoms with E-state index in [9.17, 15) is 53.3 Å². The van der Waals surface area contributed by atoms with Gasteiger partial charge < -0.3 is 50.0 Å². The van der Waals surface area contributed by atoms with Gasteiger partial charge in [0.1, 0.15) is 12.6 Å². The summed E-state index contributed by atoms with van der Waals surface area (Å²) < 4.78 is 31.9. The van der Waals surface area contributed by atoms with Gasteiger partial charge in [0, 0.05) is 59.8 Å². The number of aryl methyl sites for hydroxylation is 1. The number of anilines is 1. The third-order valence-corrected chi connectivity index (χ3v) is 14.8. The highest BCUT2D eigenvalue weighted by Crippen LogP contribution is 2.70. The van der Waals surface area contributed by atoms with E-state index in [-0.39, 0.29) is 41.7 Å². The molecule has 18 nitrogen and oxygen atoms in total. The number of carboxylic acid groups (broad SMARTS) is 1. The summed E-state index contributed by atoms with van der Waals surface area (Å²) in [6.45, 7) is 2.59. The molecule has 10 atom stereocenters. The van der Waals surface area contributed by atoms with Crippen LogP contribution in [0.2, 0.25) is 0 Å². The van der Waals surface area contributed by atoms with Crippen LogP contribution in [0.5, 0.6) is 0 Å². The number of Topliss-reactive ketones (excluding diaryl/α,β-unsaturated/α-hetero) is 1. The number of fused-ring (bicyclic) bond motifs is 7. The number of benzene rings is 1. The highest BCUT2D eigenvalue weighted by molar-refractivity contribution is 9.09. The summed E-state index contributed by atoms with van der Waals surface area (Å²) in [5.41, 5.74) is 0.159. The number of alkyl halides is 1. The normalized spacial score (nSPS) is 31.2. The van der Waals surface area contributed by atoms with E-state index in [2.05, 4.69) is 31.9 Å². The van der Waals surface area contributed by atoms with E-state index in [4.69, 9.17) is 14.0 Å². The van der Waals surface area contributed by atoms with E-state index in [1.54, 1.807) is 36.5 Å². The molecule has 4 aliphatic carbocycles. The van der Waals surface area contributed by atoms with Gasteiger partial charge in [-0.1, -0.05) is 53.6 Å². The number of hydrogen-bond donors (Lipinski definition) is 7. The molecule has 7 N–H and O–H groups in total. The van der Waals surface area contributed by atoms with Gasteiger partial charge in [0.25, 0.3) is 0 Å². The lowest BCUT2D eigenvalue weighted by atomic mass is 9.46. The number of phosphoric acid groups is 1. The zero-order valence-corrected chi connectivity index (χ0v) is 37.4. The van der Waals surface area contributed by atoms with Crippen molar-refractivity contribution in [3.05, 3.63) is 77.2 Å². The Hall–Kier alpha value is -4.33. The molecule has 63 heavy (non-hydrogen) atoms. The molecule has 1 aliphatic heterocycles. The average Bonchev–Trinajstić information content (AvgIpc) is 3.86. The summed E-state index contributed by atoms with van der Waals surface area (Å²) in [4.78, 5) is 94.6. The Morgan fingerprint density at radius 2 is 1.89 bits per heavy atom. The van der Waals surface area contributed by atoms with Crippen molar-refractivity contribution < 1.29 is 67.3 Å². The number of carboxylic acids is 1. The maximum Gasteiger partial charge on any atom is 0.470 e. The third kappa shape index (κ3) is 9.16. The number of carbonyl (C=O) groups excluding carboxylic acids is 5. The van der Waals surface area contributed by atoms with Crippen LogP contribution in [0.25, 0.3) is 0 Å². The molecule has 3 saturated carbocycles. The van der Waals surface area contributed by atoms with Gasteiger partial charge in [-0.05, 0) is 79.9 Å². The monoisotopic (exact) mass is 958 g/mol. The number of amides is 3. The number of ketones is 2. The molecule has 1 aromatic carbocycles. The Kier molecular flexibility index (Phi) is 13.3. The van der Waals surface area contributed by atoms with Crippen LogP contribution in [0.15, 0.2) is 60.3 Å². The fraction of sp³-hybridized carbons (Fsp3) is 0.535. The number of phosphoric ester groups is 1. The molecular formula is C43H52BrN4O14P. The number of aliphatic hydroxyl groups excluding tert-OH is 1. The summed E-state index contributed by atoms with van der Waals surface area (Å²) in [6.07, 6.45) is 5.66. The smallest absolute Gasteiger partial charge is 0.470 e. The molecule has 20 heteroatoms. The molecule has 0 spiro atoms. The molecule has 4 fully saturated rings. The number of aromatic nitrogens is 1. The van der Waals surface area contributed by atoms with Gasteiger partial charge in [-0.3, -0.25) is 33.3 Å². The molecule has 1 saturated heterocycles. The zero-order chi connectivity index (χ0) is 45.6. The summed E-state index contributed by atoms with van der Waals surface area (Å²) in [5, 5.41) is 28.9. The molecule has 1 aromatic heterocycles. The van der Waals surface area contributed by atoms with Gasteiger partial charge in [0.05, 0.1) is 24.1 Å². The number of allylic oxidation sites excluding steroid dienone is 4. The minimum absolute atomic E-state index is 0.0240. The maximum absolute atomic E-state index is 14.5. The molecule has 3 amide bonds. The summed E-state index contributed by atoms with van der Waals surface area (Å²) in [6, 6.07) is 7.59. The predicted molar refractivity (Wildman–Crippen MR) is 227 cm³/mol. The highest BCUT2D eigenvalue weighted by atomic mass is 79.9. The Balaban J connectivity index is 1.09. The van der Waals surface area contributed by atoms with Crippen molar-refractivity contribution in [2.45, 2.75) is 88.9 Å². The van der Waals surface area contributed by atoms with E-state index in [0.717, 1.165) is 16.8 Å². The molecule has 5 aliphatic rings. The first kappa shape index (κ1) is 46.7. The van der Waals surface area contributed by atoms with E-state index in [1.165, 1.54) is 0 Å². The Morgan fingerprint density at radius 1 is 1.13 bits per heavy atom. The van der Waals surface area contributed by atoms with E-state index >= 15 is 0 Å². The van der Waals surface area contributed by atoms with Gasteiger partial charge in [0.2, 0.25) is 17.7 Å². The van der Waals surface area contributed by atoms with Crippen molar-refractivity contribution in [2.24, 2.45) is 35.6 Å². The lowest BCUT2D eigenvalue weighted by molar-refractivity contribution is -0.200. The second-order valence-electron chi connectivity index (χ2n) is 17.6. The van der Waals surface area contributed by atoms with Crippen LogP contribution in [0, 0.1) is 28.6 Å². The summed E-state index contributed by atoms with van der Waals surface area (Å²) >= 11 is 2.98. The van der Waals surface area contributed by atoms with Crippen molar-refractivity contribution >= 4 is 64.7 Å². The van der Waals surface area contributed by atoms with E-state index in [1.807, 2.05) is 43.7 Å². The molecule has 0 unspecified atom stereocenters. The summed E-state index contributed by atoms with van der Waals surface area (Å²) in [7, 11) is -3.24. The Bertz CT molecular complexity index is 2310. The minimum Gasteiger partial charge on any atom is -0.481 e. The number of nitrogens with one attached hydrogen (secondary N) is 3. The number of rotatable bonds is 16. The first-order chi connectivity index (χ1) is 29.7. The number of hydrogen-bond acceptors (Lipinski definition) is 11. The number of halogens is 1. The average molecular weight is 960 g/mol. The lowest BCUT2D eigenvalue weighted by Crippen LogP contribution is -2.63. The predicted octanol–water partition coefficient (Wildman–Crippen LogP) is 3.13. The van der Waals surface area contributed by atoms with Crippen LogP contribution < -0.4 is 16.0 Å². The van der Waals surface area contributed by atoms with Crippen molar-refractivity contribution in [1.82, 2.24) is 15.2 Å². The number of carbonyl (C=O) groups is 6. The fourth-order valence-corrected chi connectivity index (χ4v) is 11.6. The van der Waals surface area contributed by atoms with Gasteiger partial charge in [0.15, 0.2) is 23.5 Å². The van der Waals surface area contributed by atoms with Crippen LogP contribution >= 0.6 is 23.8 Å². The molecule has 7 rings (SSSR count). The van der Waals surface area contributed by atoms with Gasteiger partial charge in [-0.15, -0.1) is 0 Å². The molecular weight excluding hydrogens is 907 g/mol. The largest absolute Gasteiger partial charge is 0.481 e.